The summed E-state index contributed by atoms with van der Waals surface area (Å²) in [5.41, 5.74) is 12.2. The molecule has 0 N–H and O–H groups in total. The number of halogens is 2. The summed E-state index contributed by atoms with van der Waals surface area (Å²) in [5, 5.41) is 0.747. The zero-order valence-corrected chi connectivity index (χ0v) is 27.0. The molecule has 0 unspecified atom stereocenters. The van der Waals surface area contributed by atoms with E-state index in [1.165, 1.54) is 55.6 Å². The molecule has 6 rings (SSSR count). The van der Waals surface area contributed by atoms with Crippen molar-refractivity contribution in [2.45, 2.75) is 57.8 Å². The minimum absolute atomic E-state index is 0.0447. The topological polar surface area (TPSA) is 0 Å². The van der Waals surface area contributed by atoms with Gasteiger partial charge >= 0.3 is 0 Å². The van der Waals surface area contributed by atoms with Gasteiger partial charge in [0.2, 0.25) is 0 Å². The van der Waals surface area contributed by atoms with Crippen LogP contribution in [0.1, 0.15) is 74.9 Å². The van der Waals surface area contributed by atoms with E-state index in [-0.39, 0.29) is 10.8 Å². The first-order valence-electron chi connectivity index (χ1n) is 14.3. The van der Waals surface area contributed by atoms with Gasteiger partial charge in [-0.25, -0.2) is 0 Å². The van der Waals surface area contributed by atoms with Crippen LogP contribution < -0.4 is 0 Å². The first kappa shape index (κ1) is 28.0. The molecule has 41 heavy (non-hydrogen) atoms. The fourth-order valence-corrected chi connectivity index (χ4v) is 7.30. The van der Waals surface area contributed by atoms with Gasteiger partial charge in [0, 0.05) is 9.50 Å². The molecule has 0 saturated carbocycles. The quantitative estimate of drug-likeness (QED) is 0.185. The van der Waals surface area contributed by atoms with Gasteiger partial charge in [0.05, 0.1) is 5.41 Å². The molecule has 0 fully saturated rings. The van der Waals surface area contributed by atoms with E-state index in [1.807, 2.05) is 6.07 Å². The molecule has 5 aromatic rings. The van der Waals surface area contributed by atoms with E-state index in [9.17, 15) is 0 Å². The summed E-state index contributed by atoms with van der Waals surface area (Å²) in [6, 6.07) is 40.0. The van der Waals surface area contributed by atoms with Crippen LogP contribution >= 0.6 is 27.5 Å². The number of hydrogen-bond acceptors (Lipinski definition) is 0. The highest BCUT2D eigenvalue weighted by Gasteiger charge is 2.47. The lowest BCUT2D eigenvalue weighted by atomic mass is 9.67. The van der Waals surface area contributed by atoms with Crippen molar-refractivity contribution in [1.29, 1.82) is 0 Å². The average Bonchev–Trinajstić information content (AvgIpc) is 3.23. The highest BCUT2D eigenvalue weighted by Crippen LogP contribution is 2.59. The Bertz CT molecular complexity index is 1680. The molecule has 0 aliphatic heterocycles. The van der Waals surface area contributed by atoms with Crippen molar-refractivity contribution in [1.82, 2.24) is 0 Å². The lowest BCUT2D eigenvalue weighted by Gasteiger charge is -2.34. The van der Waals surface area contributed by atoms with Crippen LogP contribution in [-0.4, -0.2) is 0 Å². The second-order valence-electron chi connectivity index (χ2n) is 13.4. The molecule has 5 aromatic carbocycles. The third kappa shape index (κ3) is 4.68. The van der Waals surface area contributed by atoms with E-state index in [4.69, 9.17) is 11.6 Å². The molecule has 0 radical (unpaired) electrons. The number of rotatable bonds is 3. The maximum Gasteiger partial charge on any atom is 0.0725 e. The smallest absolute Gasteiger partial charge is 0.0725 e. The molecule has 1 aliphatic carbocycles. The zero-order chi connectivity index (χ0) is 29.2. The van der Waals surface area contributed by atoms with Gasteiger partial charge in [-0.1, -0.05) is 154 Å². The minimum atomic E-state index is -0.501. The Kier molecular flexibility index (Phi) is 6.83. The van der Waals surface area contributed by atoms with Gasteiger partial charge in [-0.05, 0) is 90.7 Å². The number of hydrogen-bond donors (Lipinski definition) is 0. The Morgan fingerprint density at radius 2 is 1.07 bits per heavy atom. The Morgan fingerprint density at radius 1 is 0.561 bits per heavy atom. The summed E-state index contributed by atoms with van der Waals surface area (Å²) < 4.78 is 1.10. The Balaban J connectivity index is 1.70. The van der Waals surface area contributed by atoms with Crippen LogP contribution in [0.25, 0.3) is 22.3 Å². The van der Waals surface area contributed by atoms with Gasteiger partial charge in [0.25, 0.3) is 0 Å². The normalized spacial score (nSPS) is 14.0. The fourth-order valence-electron chi connectivity index (χ4n) is 6.37. The first-order valence-corrected chi connectivity index (χ1v) is 15.5. The van der Waals surface area contributed by atoms with Crippen LogP contribution in [0.4, 0.5) is 0 Å². The van der Waals surface area contributed by atoms with Crippen molar-refractivity contribution in [2.24, 2.45) is 0 Å². The van der Waals surface area contributed by atoms with E-state index in [0.29, 0.717) is 0 Å². The van der Waals surface area contributed by atoms with Crippen LogP contribution in [0.5, 0.6) is 0 Å². The summed E-state index contributed by atoms with van der Waals surface area (Å²) in [6.07, 6.45) is 0. The lowest BCUT2D eigenvalue weighted by Crippen LogP contribution is -2.29. The van der Waals surface area contributed by atoms with Crippen molar-refractivity contribution in [3.05, 3.63) is 152 Å². The average molecular weight is 620 g/mol. The SMILES string of the molecule is CC(C)(C)c1cc(-c2cc(Br)c3c(c2)-c2ccc(Cl)cc2C3(c2ccccc2)c2ccccc2)cc(C(C)(C)C)c1. The van der Waals surface area contributed by atoms with Crippen molar-refractivity contribution in [3.63, 3.8) is 0 Å². The summed E-state index contributed by atoms with van der Waals surface area (Å²) in [4.78, 5) is 0. The maximum atomic E-state index is 6.74. The van der Waals surface area contributed by atoms with Crippen molar-refractivity contribution < 1.29 is 0 Å². The highest BCUT2D eigenvalue weighted by atomic mass is 79.9. The van der Waals surface area contributed by atoms with Gasteiger partial charge in [-0.15, -0.1) is 0 Å². The van der Waals surface area contributed by atoms with E-state index in [2.05, 4.69) is 161 Å². The maximum absolute atomic E-state index is 6.74. The monoisotopic (exact) mass is 618 g/mol. The van der Waals surface area contributed by atoms with Gasteiger partial charge in [-0.3, -0.25) is 0 Å². The van der Waals surface area contributed by atoms with Crippen LogP contribution in [0.15, 0.2) is 114 Å². The fraction of sp³-hybridized carbons (Fsp3) is 0.231. The largest absolute Gasteiger partial charge is 0.0843 e. The predicted octanol–water partition coefficient (Wildman–Crippen LogP) is 11.7. The van der Waals surface area contributed by atoms with E-state index < -0.39 is 5.41 Å². The molecule has 0 spiro atoms. The molecule has 0 bridgehead atoms. The van der Waals surface area contributed by atoms with E-state index in [0.717, 1.165) is 9.50 Å². The van der Waals surface area contributed by atoms with Crippen LogP contribution in [0.3, 0.4) is 0 Å². The minimum Gasteiger partial charge on any atom is -0.0843 e. The summed E-state index contributed by atoms with van der Waals surface area (Å²) >= 11 is 10.9. The van der Waals surface area contributed by atoms with Gasteiger partial charge in [0.15, 0.2) is 0 Å². The molecule has 206 valence electrons. The van der Waals surface area contributed by atoms with Crippen LogP contribution in [0.2, 0.25) is 5.02 Å². The second-order valence-corrected chi connectivity index (χ2v) is 14.6. The molecule has 0 amide bonds. The first-order chi connectivity index (χ1) is 19.4. The molecule has 1 aliphatic rings. The van der Waals surface area contributed by atoms with E-state index >= 15 is 0 Å². The Morgan fingerprint density at radius 3 is 1.59 bits per heavy atom. The van der Waals surface area contributed by atoms with Gasteiger partial charge in [0.1, 0.15) is 0 Å². The standard InChI is InChI=1S/C39H36BrCl/c1-37(2,3)29-19-25(20-30(23-29)38(4,5)6)26-21-33-32-18-17-31(41)24-34(32)39(36(33)35(40)22-26,27-13-9-7-10-14-27)28-15-11-8-12-16-28/h7-24H,1-6H3. The third-order valence-corrected chi connectivity index (χ3v) is 9.41. The molecule has 0 saturated heterocycles. The molecule has 2 heteroatoms. The molecule has 0 heterocycles. The van der Waals surface area contributed by atoms with E-state index in [1.54, 1.807) is 0 Å². The molecule has 0 atom stereocenters. The Labute approximate surface area is 258 Å². The predicted molar refractivity (Wildman–Crippen MR) is 179 cm³/mol. The lowest BCUT2D eigenvalue weighted by molar-refractivity contribution is 0.569. The zero-order valence-electron chi connectivity index (χ0n) is 24.6. The highest BCUT2D eigenvalue weighted by molar-refractivity contribution is 9.10. The van der Waals surface area contributed by atoms with Crippen molar-refractivity contribution in [3.8, 4) is 22.3 Å². The molecule has 0 nitrogen and oxygen atoms in total. The molecular formula is C39H36BrCl. The molecular weight excluding hydrogens is 584 g/mol. The number of benzene rings is 5. The second kappa shape index (κ2) is 10.0. The van der Waals surface area contributed by atoms with Crippen LogP contribution in [0, 0.1) is 0 Å². The van der Waals surface area contributed by atoms with Gasteiger partial charge < -0.3 is 0 Å². The van der Waals surface area contributed by atoms with Crippen molar-refractivity contribution >= 4 is 27.5 Å². The van der Waals surface area contributed by atoms with Gasteiger partial charge in [-0.2, -0.15) is 0 Å². The summed E-state index contributed by atoms with van der Waals surface area (Å²) in [6.45, 7) is 13.8. The number of fused-ring (bicyclic) bond motifs is 3. The third-order valence-electron chi connectivity index (χ3n) is 8.55. The summed E-state index contributed by atoms with van der Waals surface area (Å²) in [5.74, 6) is 0. The Hall–Kier alpha value is -3.13. The van der Waals surface area contributed by atoms with Crippen molar-refractivity contribution in [2.75, 3.05) is 0 Å². The summed E-state index contributed by atoms with van der Waals surface area (Å²) in [7, 11) is 0. The van der Waals surface area contributed by atoms with Crippen LogP contribution in [-0.2, 0) is 16.2 Å². The molecule has 0 aromatic heterocycles.